The van der Waals surface area contributed by atoms with Crippen molar-refractivity contribution in [2.75, 3.05) is 82.8 Å². The lowest BCUT2D eigenvalue weighted by atomic mass is 9.99. The molecule has 4 atom stereocenters. The lowest BCUT2D eigenvalue weighted by Gasteiger charge is -2.46. The Morgan fingerprint density at radius 1 is 0.728 bits per heavy atom. The molecule has 11 rings (SSSR count). The molecule has 20 nitrogen and oxygen atoms in total. The molecular formula is C53H52Cl2F6N12O8. The Kier molecular flexibility index (Phi) is 16.3. The number of ether oxygens (including phenoxy) is 4. The number of halogens is 8. The van der Waals surface area contributed by atoms with E-state index in [1.54, 1.807) is 12.1 Å². The summed E-state index contributed by atoms with van der Waals surface area (Å²) in [6.45, 7) is 6.02. The maximum absolute atomic E-state index is 13.7. The van der Waals surface area contributed by atoms with E-state index in [9.17, 15) is 41.0 Å². The fourth-order valence-electron chi connectivity index (χ4n) is 10.0. The van der Waals surface area contributed by atoms with Crippen molar-refractivity contribution < 1.29 is 65.1 Å². The molecule has 28 heteroatoms. The maximum atomic E-state index is 13.7. The van der Waals surface area contributed by atoms with Crippen LogP contribution >= 0.6 is 23.2 Å². The second-order valence-corrected chi connectivity index (χ2v) is 20.7. The van der Waals surface area contributed by atoms with Crippen LogP contribution in [0.1, 0.15) is 50.7 Å². The standard InChI is InChI=1S/C28H28ClF3N6O4.C25H24ClF3N6O4/c1-27(2)41-15-19(42-27)14-40-25-33-9-8-22(34-25)35-26(39)38-18-7-4-10-37(13-18)21-12-20(29)23(36-24(21)38)16-5-3-6-17(11-16)28(30,31)32;26-18-10-19-22(33-21(18)14-3-1-4-15(9-14)25(27,28)29)35(16-5-2-8-34(19)11-16)24(38)32-20-6-7-30-23(31-20)39-13-17(37)12-36/h3,5-6,8-9,11-12,18-19H,4,7,10,13-15H2,1-2H3,(H,33,34,35,39);1,3-4,6-7,9-10,16-17,36-37H,2,5,8,11-13H2,(H,30,31,32,38)/t18-,19-;16-,17+/m00/s1. The van der Waals surface area contributed by atoms with E-state index in [0.717, 1.165) is 56.6 Å². The molecule has 6 aromatic rings. The Morgan fingerprint density at radius 3 is 1.65 bits per heavy atom. The number of carbonyl (C=O) groups is 2. The van der Waals surface area contributed by atoms with Crippen molar-refractivity contribution in [3.05, 3.63) is 106 Å². The van der Waals surface area contributed by atoms with Crippen LogP contribution in [0.4, 0.5) is 70.6 Å². The molecule has 4 N–H and O–H groups in total. The Labute approximate surface area is 469 Å². The van der Waals surface area contributed by atoms with E-state index in [0.29, 0.717) is 43.3 Å². The largest absolute Gasteiger partial charge is 0.461 e. The van der Waals surface area contributed by atoms with Crippen molar-refractivity contribution in [3.63, 3.8) is 0 Å². The minimum absolute atomic E-state index is 0.0562. The lowest BCUT2D eigenvalue weighted by molar-refractivity contribution is -0.141. The number of piperidine rings is 2. The van der Waals surface area contributed by atoms with Gasteiger partial charge in [0.05, 0.1) is 69.2 Å². The third kappa shape index (κ3) is 12.9. The van der Waals surface area contributed by atoms with Crippen molar-refractivity contribution in [3.8, 4) is 34.5 Å². The second-order valence-electron chi connectivity index (χ2n) is 19.9. The molecule has 4 aromatic heterocycles. The summed E-state index contributed by atoms with van der Waals surface area (Å²) in [7, 11) is 0. The lowest BCUT2D eigenvalue weighted by Crippen LogP contribution is -2.56. The third-order valence-corrected chi connectivity index (χ3v) is 14.3. The number of rotatable bonds is 11. The van der Waals surface area contributed by atoms with Crippen molar-refractivity contribution in [1.29, 1.82) is 0 Å². The number of alkyl halides is 6. The number of pyridine rings is 2. The number of anilines is 6. The van der Waals surface area contributed by atoms with Gasteiger partial charge in [0.25, 0.3) is 0 Å². The van der Waals surface area contributed by atoms with Gasteiger partial charge in [-0.3, -0.25) is 20.4 Å². The van der Waals surface area contributed by atoms with Gasteiger partial charge in [0.2, 0.25) is 0 Å². The van der Waals surface area contributed by atoms with E-state index in [4.69, 9.17) is 47.3 Å². The molecule has 2 aromatic carbocycles. The molecule has 0 saturated carbocycles. The number of hydrogen-bond donors (Lipinski definition) is 4. The summed E-state index contributed by atoms with van der Waals surface area (Å²) >= 11 is 13.1. The minimum Gasteiger partial charge on any atom is -0.461 e. The van der Waals surface area contributed by atoms with Crippen molar-refractivity contribution in [2.24, 2.45) is 0 Å². The van der Waals surface area contributed by atoms with Crippen LogP contribution in [-0.2, 0) is 21.8 Å². The normalized spacial score (nSPS) is 19.4. The van der Waals surface area contributed by atoms with Gasteiger partial charge in [-0.15, -0.1) is 0 Å². The molecular weight excluding hydrogens is 1120 g/mol. The molecule has 5 aliphatic heterocycles. The molecule has 4 amide bonds. The zero-order valence-corrected chi connectivity index (χ0v) is 44.7. The van der Waals surface area contributed by atoms with Crippen LogP contribution in [0.25, 0.3) is 22.5 Å². The van der Waals surface area contributed by atoms with Gasteiger partial charge in [0, 0.05) is 49.7 Å². The van der Waals surface area contributed by atoms with Gasteiger partial charge in [0.15, 0.2) is 17.4 Å². The zero-order chi connectivity index (χ0) is 57.4. The van der Waals surface area contributed by atoms with Crippen LogP contribution in [0.15, 0.2) is 85.2 Å². The molecule has 9 heterocycles. The number of fused-ring (bicyclic) bond motifs is 8. The van der Waals surface area contributed by atoms with Crippen LogP contribution in [0.5, 0.6) is 12.0 Å². The van der Waals surface area contributed by atoms with Gasteiger partial charge in [-0.2, -0.15) is 36.3 Å². The first-order valence-corrected chi connectivity index (χ1v) is 26.4. The minimum atomic E-state index is -4.54. The van der Waals surface area contributed by atoms with Crippen molar-refractivity contribution in [1.82, 2.24) is 29.9 Å². The number of nitrogens with one attached hydrogen (secondary N) is 2. The molecule has 428 valence electrons. The van der Waals surface area contributed by atoms with E-state index in [-0.39, 0.29) is 93.4 Å². The van der Waals surface area contributed by atoms with Crippen molar-refractivity contribution in [2.45, 2.75) is 82.0 Å². The van der Waals surface area contributed by atoms with Crippen LogP contribution < -0.4 is 39.7 Å². The van der Waals surface area contributed by atoms with Gasteiger partial charge >= 0.3 is 36.4 Å². The van der Waals surface area contributed by atoms with Crippen LogP contribution in [0, 0.1) is 0 Å². The predicted molar refractivity (Wildman–Crippen MR) is 286 cm³/mol. The van der Waals surface area contributed by atoms with Gasteiger partial charge < -0.3 is 39.0 Å². The van der Waals surface area contributed by atoms with Crippen molar-refractivity contribution >= 4 is 69.9 Å². The second kappa shape index (κ2) is 23.2. The first-order chi connectivity index (χ1) is 38.6. The number of carbonyl (C=O) groups excluding carboxylic acids is 2. The molecule has 0 aliphatic carbocycles. The van der Waals surface area contributed by atoms with Gasteiger partial charge in [-0.25, -0.2) is 29.5 Å². The van der Waals surface area contributed by atoms with Crippen LogP contribution in [0.3, 0.4) is 0 Å². The Morgan fingerprint density at radius 2 is 1.21 bits per heavy atom. The van der Waals surface area contributed by atoms with E-state index in [1.165, 1.54) is 58.6 Å². The summed E-state index contributed by atoms with van der Waals surface area (Å²) in [5.41, 5.74) is 0.233. The number of aromatic nitrogens is 6. The summed E-state index contributed by atoms with van der Waals surface area (Å²) in [6.07, 6.45) is -4.56. The number of urea groups is 2. The quantitative estimate of drug-likeness (QED) is 0.0886. The molecule has 81 heavy (non-hydrogen) atoms. The average molecular weight is 1170 g/mol. The van der Waals surface area contributed by atoms with E-state index in [2.05, 4.69) is 50.3 Å². The maximum Gasteiger partial charge on any atom is 0.416 e. The fourth-order valence-corrected chi connectivity index (χ4v) is 10.5. The highest BCUT2D eigenvalue weighted by Crippen LogP contribution is 2.45. The summed E-state index contributed by atoms with van der Waals surface area (Å²) in [4.78, 5) is 60.2. The first kappa shape index (κ1) is 56.9. The van der Waals surface area contributed by atoms with Gasteiger partial charge in [-0.1, -0.05) is 47.5 Å². The average Bonchev–Trinajstić information content (AvgIpc) is 3.96. The van der Waals surface area contributed by atoms with E-state index < -0.39 is 54.0 Å². The number of aliphatic hydroxyl groups excluding tert-OH is 2. The summed E-state index contributed by atoms with van der Waals surface area (Å²) in [5, 5.41) is 24.3. The molecule has 0 radical (unpaired) electrons. The van der Waals surface area contributed by atoms with Gasteiger partial charge in [-0.05, 0) is 88.1 Å². The van der Waals surface area contributed by atoms with Crippen LogP contribution in [-0.4, -0.2) is 135 Å². The highest BCUT2D eigenvalue weighted by Gasteiger charge is 2.42. The highest BCUT2D eigenvalue weighted by atomic mass is 35.5. The fraction of sp³-hybridized carbons (Fsp3) is 0.396. The topological polar surface area (TPSA) is 226 Å². The SMILES string of the molecule is CC1(C)OC[C@H](COc2nccc(NC(=O)N3c4nc(-c5cccc(C(F)(F)F)c5)c(Cl)cc4N4CCC[C@H]3C4)n2)O1.O=C(Nc1ccnc(OC[C@H](O)CO)n1)N1c2nc(-c3cccc(C(F)(F)F)c3)c(Cl)cc2N2CCC[C@H]1C2. The molecule has 0 spiro atoms. The molecule has 3 saturated heterocycles. The van der Waals surface area contributed by atoms with E-state index in [1.807, 2.05) is 13.8 Å². The number of benzene rings is 2. The number of amides is 4. The smallest absolute Gasteiger partial charge is 0.416 e. The Balaban J connectivity index is 0.000000182. The molecule has 3 fully saturated rings. The van der Waals surface area contributed by atoms with Crippen LogP contribution in [0.2, 0.25) is 10.0 Å². The summed E-state index contributed by atoms with van der Waals surface area (Å²) in [6, 6.07) is 14.2. The number of nitrogens with zero attached hydrogens (tertiary/aromatic N) is 10. The number of aliphatic hydroxyl groups is 2. The zero-order valence-electron chi connectivity index (χ0n) is 43.2. The third-order valence-electron chi connectivity index (χ3n) is 13.7. The Hall–Kier alpha value is -7.36. The molecule has 0 unspecified atom stereocenters. The summed E-state index contributed by atoms with van der Waals surface area (Å²) < 4.78 is 103. The molecule has 5 aliphatic rings. The first-order valence-electron chi connectivity index (χ1n) is 25.6. The molecule has 4 bridgehead atoms. The highest BCUT2D eigenvalue weighted by molar-refractivity contribution is 6.34. The predicted octanol–water partition coefficient (Wildman–Crippen LogP) is 9.73. The monoisotopic (exact) mass is 1170 g/mol. The Bertz CT molecular complexity index is 3310. The summed E-state index contributed by atoms with van der Waals surface area (Å²) in [5.74, 6) is 0.225. The van der Waals surface area contributed by atoms with E-state index >= 15 is 0 Å². The number of hydrogen-bond acceptors (Lipinski definition) is 16. The van der Waals surface area contributed by atoms with Gasteiger partial charge in [0.1, 0.15) is 37.1 Å².